The molecule has 0 aromatic carbocycles. The molecule has 0 radical (unpaired) electrons. The molecule has 1 aromatic rings. The Balaban J connectivity index is 2.24. The van der Waals surface area contributed by atoms with Gasteiger partial charge in [0.2, 0.25) is 5.88 Å². The topological polar surface area (TPSA) is 39.1 Å². The third-order valence-corrected chi connectivity index (χ3v) is 2.80. The minimum absolute atomic E-state index is 0.452. The number of nitrogens with zero attached hydrogens (tertiary/aromatic N) is 2. The van der Waals surface area contributed by atoms with E-state index in [-0.39, 0.29) is 0 Å². The van der Waals surface area contributed by atoms with Crippen LogP contribution < -0.4 is 10.1 Å². The molecule has 2 heterocycles. The van der Waals surface area contributed by atoms with Gasteiger partial charge in [0.25, 0.3) is 0 Å². The van der Waals surface area contributed by atoms with Gasteiger partial charge in [-0.25, -0.2) is 4.68 Å². The van der Waals surface area contributed by atoms with Crippen LogP contribution in [0.1, 0.15) is 6.42 Å². The molecule has 1 atom stereocenters. The lowest BCUT2D eigenvalue weighted by Crippen LogP contribution is -2.29. The minimum Gasteiger partial charge on any atom is -0.477 e. The van der Waals surface area contributed by atoms with Crippen molar-refractivity contribution in [3.8, 4) is 5.88 Å². The van der Waals surface area contributed by atoms with Crippen LogP contribution in [0.3, 0.4) is 0 Å². The summed E-state index contributed by atoms with van der Waals surface area (Å²) in [7, 11) is 1.97. The molecule has 4 nitrogen and oxygen atoms in total. The van der Waals surface area contributed by atoms with Crippen molar-refractivity contribution in [2.75, 3.05) is 13.7 Å². The monoisotopic (exact) mass is 245 g/mol. The van der Waals surface area contributed by atoms with E-state index in [0.29, 0.717) is 6.04 Å². The summed E-state index contributed by atoms with van der Waals surface area (Å²) in [6.07, 6.45) is 2.79. The van der Waals surface area contributed by atoms with E-state index >= 15 is 0 Å². The Morgan fingerprint density at radius 1 is 1.77 bits per heavy atom. The largest absolute Gasteiger partial charge is 0.477 e. The van der Waals surface area contributed by atoms with Crippen LogP contribution in [-0.4, -0.2) is 29.5 Å². The zero-order valence-corrected chi connectivity index (χ0v) is 9.04. The number of ether oxygens (including phenoxy) is 1. The number of hydrogen-bond donors (Lipinski definition) is 1. The molecule has 0 bridgehead atoms. The Labute approximate surface area is 85.4 Å². The summed E-state index contributed by atoms with van der Waals surface area (Å²) < 4.78 is 8.39. The van der Waals surface area contributed by atoms with Crippen molar-refractivity contribution in [2.24, 2.45) is 0 Å². The van der Waals surface area contributed by atoms with Gasteiger partial charge in [0.05, 0.1) is 23.8 Å². The second-order valence-corrected chi connectivity index (χ2v) is 3.96. The van der Waals surface area contributed by atoms with Gasteiger partial charge in [-0.1, -0.05) is 0 Å². The summed E-state index contributed by atoms with van der Waals surface area (Å²) in [6.45, 7) is 1.62. The lowest BCUT2D eigenvalue weighted by molar-refractivity contribution is 0.295. The smallest absolute Gasteiger partial charge is 0.226 e. The highest BCUT2D eigenvalue weighted by Gasteiger charge is 2.18. The third kappa shape index (κ3) is 1.71. The summed E-state index contributed by atoms with van der Waals surface area (Å²) in [5.74, 6) is 0.845. The van der Waals surface area contributed by atoms with Gasteiger partial charge in [0.1, 0.15) is 0 Å². The number of halogens is 1. The Morgan fingerprint density at radius 3 is 3.38 bits per heavy atom. The van der Waals surface area contributed by atoms with Crippen molar-refractivity contribution in [3.05, 3.63) is 10.7 Å². The van der Waals surface area contributed by atoms with Crippen molar-refractivity contribution in [2.45, 2.75) is 19.0 Å². The van der Waals surface area contributed by atoms with Crippen LogP contribution in [0.2, 0.25) is 0 Å². The highest BCUT2D eigenvalue weighted by atomic mass is 79.9. The molecule has 1 unspecified atom stereocenters. The predicted octanol–water partition coefficient (Wildman–Crippen LogP) is 1.02. The minimum atomic E-state index is 0.452. The Bertz CT molecular complexity index is 300. The fourth-order valence-corrected chi connectivity index (χ4v) is 1.87. The molecule has 0 saturated carbocycles. The van der Waals surface area contributed by atoms with Gasteiger partial charge in [-0.3, -0.25) is 0 Å². The lowest BCUT2D eigenvalue weighted by Gasteiger charge is -2.10. The molecule has 1 N–H and O–H groups in total. The molecular formula is C8H12BrN3O. The SMILES string of the molecule is CNC1CCOc2c(Br)cnn2C1. The molecule has 2 rings (SSSR count). The first kappa shape index (κ1) is 9.02. The molecule has 1 aromatic heterocycles. The first-order chi connectivity index (χ1) is 6.31. The van der Waals surface area contributed by atoms with Crippen molar-refractivity contribution in [1.82, 2.24) is 15.1 Å². The van der Waals surface area contributed by atoms with Crippen molar-refractivity contribution in [3.63, 3.8) is 0 Å². The first-order valence-electron chi connectivity index (χ1n) is 4.32. The van der Waals surface area contributed by atoms with Crippen molar-refractivity contribution < 1.29 is 4.74 Å². The van der Waals surface area contributed by atoms with Gasteiger partial charge in [0.15, 0.2) is 0 Å². The maximum Gasteiger partial charge on any atom is 0.226 e. The van der Waals surface area contributed by atoms with Crippen LogP contribution in [0, 0.1) is 0 Å². The molecule has 0 spiro atoms. The van der Waals surface area contributed by atoms with Gasteiger partial charge in [-0.2, -0.15) is 5.10 Å². The van der Waals surface area contributed by atoms with Crippen LogP contribution in [0.5, 0.6) is 5.88 Å². The van der Waals surface area contributed by atoms with E-state index in [9.17, 15) is 0 Å². The standard InChI is InChI=1S/C8H12BrN3O/c1-10-6-2-3-13-8-7(9)4-11-12(8)5-6/h4,6,10H,2-3,5H2,1H3. The fraction of sp³-hybridized carbons (Fsp3) is 0.625. The van der Waals surface area contributed by atoms with Gasteiger partial charge in [-0.05, 0) is 29.4 Å². The van der Waals surface area contributed by atoms with Crippen LogP contribution in [0.25, 0.3) is 0 Å². The van der Waals surface area contributed by atoms with Crippen LogP contribution >= 0.6 is 15.9 Å². The molecule has 1 aliphatic heterocycles. The fourth-order valence-electron chi connectivity index (χ4n) is 1.46. The zero-order valence-electron chi connectivity index (χ0n) is 7.46. The molecule has 0 saturated heterocycles. The van der Waals surface area contributed by atoms with Gasteiger partial charge < -0.3 is 10.1 Å². The Kier molecular flexibility index (Phi) is 2.55. The van der Waals surface area contributed by atoms with E-state index in [2.05, 4.69) is 26.3 Å². The number of hydrogen-bond acceptors (Lipinski definition) is 3. The Morgan fingerprint density at radius 2 is 2.62 bits per heavy atom. The molecule has 1 aliphatic rings. The summed E-state index contributed by atoms with van der Waals surface area (Å²) in [4.78, 5) is 0. The second-order valence-electron chi connectivity index (χ2n) is 3.10. The van der Waals surface area contributed by atoms with Crippen LogP contribution in [0.4, 0.5) is 0 Å². The first-order valence-corrected chi connectivity index (χ1v) is 5.12. The predicted molar refractivity (Wildman–Crippen MR) is 52.9 cm³/mol. The van der Waals surface area contributed by atoms with Crippen molar-refractivity contribution >= 4 is 15.9 Å². The highest BCUT2D eigenvalue weighted by Crippen LogP contribution is 2.26. The summed E-state index contributed by atoms with van der Waals surface area (Å²) in [6, 6.07) is 0.452. The van der Waals surface area contributed by atoms with E-state index in [1.807, 2.05) is 11.7 Å². The van der Waals surface area contributed by atoms with E-state index < -0.39 is 0 Å². The van der Waals surface area contributed by atoms with Gasteiger partial charge >= 0.3 is 0 Å². The third-order valence-electron chi connectivity index (χ3n) is 2.26. The number of fused-ring (bicyclic) bond motifs is 1. The quantitative estimate of drug-likeness (QED) is 0.803. The normalized spacial score (nSPS) is 21.8. The Hall–Kier alpha value is -0.550. The van der Waals surface area contributed by atoms with E-state index in [1.165, 1.54) is 0 Å². The number of nitrogens with one attached hydrogen (secondary N) is 1. The number of likely N-dealkylation sites (N-methyl/N-ethyl adjacent to an activating group) is 1. The number of rotatable bonds is 1. The van der Waals surface area contributed by atoms with E-state index in [0.717, 1.165) is 29.9 Å². The summed E-state index contributed by atoms with van der Waals surface area (Å²) in [5.41, 5.74) is 0. The van der Waals surface area contributed by atoms with Crippen LogP contribution in [-0.2, 0) is 6.54 Å². The molecular weight excluding hydrogens is 234 g/mol. The molecule has 0 aliphatic carbocycles. The zero-order chi connectivity index (χ0) is 9.26. The molecule has 0 amide bonds. The highest BCUT2D eigenvalue weighted by molar-refractivity contribution is 9.10. The van der Waals surface area contributed by atoms with E-state index in [4.69, 9.17) is 4.74 Å². The molecule has 5 heteroatoms. The molecule has 13 heavy (non-hydrogen) atoms. The van der Waals surface area contributed by atoms with Gasteiger partial charge in [0, 0.05) is 6.04 Å². The van der Waals surface area contributed by atoms with Crippen LogP contribution in [0.15, 0.2) is 10.7 Å². The maximum absolute atomic E-state index is 5.56. The van der Waals surface area contributed by atoms with Crippen molar-refractivity contribution in [1.29, 1.82) is 0 Å². The summed E-state index contributed by atoms with van der Waals surface area (Å²) >= 11 is 3.40. The lowest BCUT2D eigenvalue weighted by atomic mass is 10.2. The maximum atomic E-state index is 5.56. The molecule has 72 valence electrons. The summed E-state index contributed by atoms with van der Waals surface area (Å²) in [5, 5.41) is 7.46. The number of aromatic nitrogens is 2. The molecule has 0 fully saturated rings. The average molecular weight is 246 g/mol. The average Bonchev–Trinajstić information content (AvgIpc) is 2.41. The van der Waals surface area contributed by atoms with E-state index in [1.54, 1.807) is 6.20 Å². The van der Waals surface area contributed by atoms with Gasteiger partial charge in [-0.15, -0.1) is 0 Å². The second kappa shape index (κ2) is 3.67.